The van der Waals surface area contributed by atoms with Crippen molar-refractivity contribution in [1.29, 1.82) is 0 Å². The summed E-state index contributed by atoms with van der Waals surface area (Å²) in [4.78, 5) is 24.3. The molecule has 1 amide bonds. The fraction of sp³-hybridized carbons (Fsp3) is 0.385. The molecule has 0 bridgehead atoms. The monoisotopic (exact) mass is 297 g/mol. The molecule has 0 aliphatic carbocycles. The number of hydrogen-bond donors (Lipinski definition) is 1. The van der Waals surface area contributed by atoms with E-state index in [-0.39, 0.29) is 25.7 Å². The van der Waals surface area contributed by atoms with E-state index in [0.29, 0.717) is 22.9 Å². The highest BCUT2D eigenvalue weighted by Gasteiger charge is 2.36. The summed E-state index contributed by atoms with van der Waals surface area (Å²) in [5.74, 6) is -0.141. The number of carbonyl (C=O) groups is 2. The molecule has 1 unspecified atom stereocenters. The largest absolute Gasteiger partial charge is 0.480 e. The molecule has 1 atom stereocenters. The predicted octanol–water partition coefficient (Wildman–Crippen LogP) is 1.64. The highest BCUT2D eigenvalue weighted by atomic mass is 35.5. The van der Waals surface area contributed by atoms with Crippen molar-refractivity contribution < 1.29 is 24.2 Å². The molecule has 2 aliphatic heterocycles. The van der Waals surface area contributed by atoms with Gasteiger partial charge in [-0.3, -0.25) is 4.79 Å². The number of fused-ring (bicyclic) bond motifs is 1. The molecule has 0 saturated carbocycles. The van der Waals surface area contributed by atoms with Crippen molar-refractivity contribution in [2.24, 2.45) is 0 Å². The first kappa shape index (κ1) is 13.1. The quantitative estimate of drug-likeness (QED) is 0.918. The standard InChI is InChI=1S/C13H12ClNO5/c14-8-3-7(4-10-12(8)20-6-19-10)5-15-9(13(17)18)1-2-11(15)16/h3-4,9H,1-2,5-6H2,(H,17,18). The van der Waals surface area contributed by atoms with Crippen LogP contribution in [-0.4, -0.2) is 34.7 Å². The molecule has 0 aromatic heterocycles. The van der Waals surface area contributed by atoms with E-state index >= 15 is 0 Å². The third-order valence-electron chi connectivity index (χ3n) is 3.45. The number of carbonyl (C=O) groups excluding carboxylic acids is 1. The van der Waals surface area contributed by atoms with Crippen molar-refractivity contribution in [1.82, 2.24) is 4.90 Å². The van der Waals surface area contributed by atoms with Crippen LogP contribution in [0.15, 0.2) is 12.1 Å². The number of halogens is 1. The molecule has 6 nitrogen and oxygen atoms in total. The first-order chi connectivity index (χ1) is 9.56. The fourth-order valence-corrected chi connectivity index (χ4v) is 2.79. The van der Waals surface area contributed by atoms with E-state index < -0.39 is 12.0 Å². The molecule has 2 heterocycles. The maximum atomic E-state index is 11.8. The van der Waals surface area contributed by atoms with Crippen molar-refractivity contribution in [3.63, 3.8) is 0 Å². The number of ether oxygens (including phenoxy) is 2. The van der Waals surface area contributed by atoms with Gasteiger partial charge in [0.05, 0.1) is 5.02 Å². The van der Waals surface area contributed by atoms with Crippen LogP contribution in [-0.2, 0) is 16.1 Å². The summed E-state index contributed by atoms with van der Waals surface area (Å²) in [6, 6.07) is 2.62. The Morgan fingerprint density at radius 3 is 3.00 bits per heavy atom. The van der Waals surface area contributed by atoms with Crippen LogP contribution in [0.4, 0.5) is 0 Å². The van der Waals surface area contributed by atoms with E-state index in [0.717, 1.165) is 5.56 Å². The smallest absolute Gasteiger partial charge is 0.326 e. The van der Waals surface area contributed by atoms with Gasteiger partial charge in [-0.05, 0) is 24.1 Å². The van der Waals surface area contributed by atoms with Gasteiger partial charge in [0.15, 0.2) is 11.5 Å². The lowest BCUT2D eigenvalue weighted by Crippen LogP contribution is -2.37. The number of benzene rings is 1. The van der Waals surface area contributed by atoms with Crippen LogP contribution in [0.1, 0.15) is 18.4 Å². The van der Waals surface area contributed by atoms with Crippen LogP contribution in [0.5, 0.6) is 11.5 Å². The van der Waals surface area contributed by atoms with Crippen LogP contribution >= 0.6 is 11.6 Å². The molecule has 3 rings (SSSR count). The number of nitrogens with zero attached hydrogens (tertiary/aromatic N) is 1. The zero-order chi connectivity index (χ0) is 14.3. The van der Waals surface area contributed by atoms with Gasteiger partial charge in [-0.15, -0.1) is 0 Å². The molecule has 1 aromatic rings. The van der Waals surface area contributed by atoms with Crippen LogP contribution in [0, 0.1) is 0 Å². The number of rotatable bonds is 3. The minimum Gasteiger partial charge on any atom is -0.480 e. The maximum Gasteiger partial charge on any atom is 0.326 e. The van der Waals surface area contributed by atoms with Gasteiger partial charge in [0.2, 0.25) is 12.7 Å². The van der Waals surface area contributed by atoms with E-state index in [4.69, 9.17) is 26.2 Å². The van der Waals surface area contributed by atoms with Crippen molar-refractivity contribution in [3.8, 4) is 11.5 Å². The SMILES string of the molecule is O=C(O)C1CCC(=O)N1Cc1cc(Cl)c2c(c1)OCO2. The molecule has 1 N–H and O–H groups in total. The summed E-state index contributed by atoms with van der Waals surface area (Å²) in [7, 11) is 0. The third kappa shape index (κ3) is 2.16. The fourth-order valence-electron chi connectivity index (χ4n) is 2.50. The van der Waals surface area contributed by atoms with E-state index in [1.807, 2.05) is 0 Å². The summed E-state index contributed by atoms with van der Waals surface area (Å²) in [6.07, 6.45) is 0.599. The van der Waals surface area contributed by atoms with Gasteiger partial charge >= 0.3 is 5.97 Å². The molecule has 20 heavy (non-hydrogen) atoms. The van der Waals surface area contributed by atoms with Gasteiger partial charge in [0, 0.05) is 13.0 Å². The zero-order valence-electron chi connectivity index (χ0n) is 10.5. The number of likely N-dealkylation sites (tertiary alicyclic amines) is 1. The van der Waals surface area contributed by atoms with E-state index in [1.54, 1.807) is 12.1 Å². The van der Waals surface area contributed by atoms with Crippen molar-refractivity contribution >= 4 is 23.5 Å². The molecular formula is C13H12ClNO5. The van der Waals surface area contributed by atoms with Gasteiger partial charge < -0.3 is 19.5 Å². The molecule has 1 aromatic carbocycles. The van der Waals surface area contributed by atoms with E-state index in [2.05, 4.69) is 0 Å². The van der Waals surface area contributed by atoms with Gasteiger partial charge in [0.25, 0.3) is 0 Å². The van der Waals surface area contributed by atoms with Crippen molar-refractivity contribution in [2.45, 2.75) is 25.4 Å². The van der Waals surface area contributed by atoms with Gasteiger partial charge in [-0.2, -0.15) is 0 Å². The van der Waals surface area contributed by atoms with Crippen molar-refractivity contribution in [2.75, 3.05) is 6.79 Å². The van der Waals surface area contributed by atoms with E-state index in [9.17, 15) is 9.59 Å². The Kier molecular flexibility index (Phi) is 3.17. The number of carboxylic acids is 1. The molecule has 0 radical (unpaired) electrons. The second kappa shape index (κ2) is 4.86. The Balaban J connectivity index is 1.86. The second-order valence-corrected chi connectivity index (χ2v) is 5.13. The minimum absolute atomic E-state index is 0.110. The molecule has 1 saturated heterocycles. The topological polar surface area (TPSA) is 76.1 Å². The highest BCUT2D eigenvalue weighted by Crippen LogP contribution is 2.40. The lowest BCUT2D eigenvalue weighted by molar-refractivity contribution is -0.146. The first-order valence-corrected chi connectivity index (χ1v) is 6.54. The Labute approximate surface area is 119 Å². The van der Waals surface area contributed by atoms with Crippen molar-refractivity contribution in [3.05, 3.63) is 22.7 Å². The first-order valence-electron chi connectivity index (χ1n) is 6.16. The number of amides is 1. The maximum absolute atomic E-state index is 11.8. The summed E-state index contributed by atoms with van der Waals surface area (Å²) in [6.45, 7) is 0.311. The normalized spacial score (nSPS) is 20.6. The van der Waals surface area contributed by atoms with Gasteiger partial charge in [0.1, 0.15) is 6.04 Å². The van der Waals surface area contributed by atoms with Crippen LogP contribution in [0.25, 0.3) is 0 Å². The zero-order valence-corrected chi connectivity index (χ0v) is 11.2. The van der Waals surface area contributed by atoms with Gasteiger partial charge in [-0.1, -0.05) is 11.6 Å². The second-order valence-electron chi connectivity index (χ2n) is 4.73. The molecule has 0 spiro atoms. The summed E-state index contributed by atoms with van der Waals surface area (Å²) in [5.41, 5.74) is 0.723. The molecule has 1 fully saturated rings. The Bertz CT molecular complexity index is 588. The summed E-state index contributed by atoms with van der Waals surface area (Å²) < 4.78 is 10.5. The molecule has 2 aliphatic rings. The predicted molar refractivity (Wildman–Crippen MR) is 68.8 cm³/mol. The average Bonchev–Trinajstić information content (AvgIpc) is 2.98. The number of carboxylic acid groups (broad SMARTS) is 1. The Hall–Kier alpha value is -1.95. The molecular weight excluding hydrogens is 286 g/mol. The van der Waals surface area contributed by atoms with Gasteiger partial charge in [-0.25, -0.2) is 4.79 Å². The minimum atomic E-state index is -0.984. The van der Waals surface area contributed by atoms with Crippen LogP contribution < -0.4 is 9.47 Å². The lowest BCUT2D eigenvalue weighted by Gasteiger charge is -2.21. The Morgan fingerprint density at radius 2 is 2.25 bits per heavy atom. The summed E-state index contributed by atoms with van der Waals surface area (Å²) >= 11 is 6.07. The lowest BCUT2D eigenvalue weighted by atomic mass is 10.1. The third-order valence-corrected chi connectivity index (χ3v) is 3.73. The van der Waals surface area contributed by atoms with E-state index in [1.165, 1.54) is 4.90 Å². The highest BCUT2D eigenvalue weighted by molar-refractivity contribution is 6.32. The molecule has 106 valence electrons. The molecule has 7 heteroatoms. The van der Waals surface area contributed by atoms with Crippen LogP contribution in [0.3, 0.4) is 0 Å². The van der Waals surface area contributed by atoms with Crippen LogP contribution in [0.2, 0.25) is 5.02 Å². The number of hydrogen-bond acceptors (Lipinski definition) is 4. The Morgan fingerprint density at radius 1 is 1.45 bits per heavy atom. The number of aliphatic carboxylic acids is 1. The summed E-state index contributed by atoms with van der Waals surface area (Å²) in [5, 5.41) is 9.52. The average molecular weight is 298 g/mol.